The van der Waals surface area contributed by atoms with Crippen LogP contribution in [-0.4, -0.2) is 38.0 Å². The number of unbranched alkanes of at least 4 members (excludes halogenated alkanes) is 14. The average molecular weight is 573 g/mol. The van der Waals surface area contributed by atoms with Crippen LogP contribution in [0.4, 0.5) is 0 Å². The van der Waals surface area contributed by atoms with Crippen LogP contribution in [0.3, 0.4) is 0 Å². The lowest BCUT2D eigenvalue weighted by Gasteiger charge is -2.09. The summed E-state index contributed by atoms with van der Waals surface area (Å²) in [4.78, 5) is 14.2. The van der Waals surface area contributed by atoms with Gasteiger partial charge in [-0.3, -0.25) is 4.79 Å². The molecule has 3 nitrogen and oxygen atoms in total. The fourth-order valence-corrected chi connectivity index (χ4v) is 6.89. The first-order valence-electron chi connectivity index (χ1n) is 18.6. The summed E-state index contributed by atoms with van der Waals surface area (Å²) < 4.78 is 0. The van der Waals surface area contributed by atoms with Gasteiger partial charge in [0.2, 0.25) is 5.91 Å². The van der Waals surface area contributed by atoms with Crippen molar-refractivity contribution in [3.8, 4) is 0 Å². The first-order valence-corrected chi connectivity index (χ1v) is 18.6. The van der Waals surface area contributed by atoms with Crippen molar-refractivity contribution < 1.29 is 4.79 Å². The van der Waals surface area contributed by atoms with E-state index in [1.165, 1.54) is 148 Å². The van der Waals surface area contributed by atoms with E-state index in [2.05, 4.69) is 44.2 Å². The molecule has 4 unspecified atom stereocenters. The quantitative estimate of drug-likeness (QED) is 0.0714. The van der Waals surface area contributed by atoms with Crippen molar-refractivity contribution in [3.05, 3.63) is 11.6 Å². The molecule has 2 rings (SSSR count). The zero-order chi connectivity index (χ0) is 29.5. The van der Waals surface area contributed by atoms with E-state index < -0.39 is 0 Å². The molecule has 4 atom stereocenters. The van der Waals surface area contributed by atoms with Crippen LogP contribution in [0, 0.1) is 23.7 Å². The summed E-state index contributed by atoms with van der Waals surface area (Å²) in [7, 11) is 4.14. The largest absolute Gasteiger partial charge is 0.356 e. The molecule has 1 N–H and O–H groups in total. The van der Waals surface area contributed by atoms with Gasteiger partial charge in [-0.1, -0.05) is 115 Å². The summed E-state index contributed by atoms with van der Waals surface area (Å²) in [6.07, 6.45) is 36.8. The van der Waals surface area contributed by atoms with Gasteiger partial charge < -0.3 is 10.2 Å². The molecule has 0 aromatic rings. The van der Waals surface area contributed by atoms with Gasteiger partial charge in [-0.25, -0.2) is 0 Å². The van der Waals surface area contributed by atoms with Crippen LogP contribution >= 0.6 is 0 Å². The minimum atomic E-state index is 0.243. The Labute approximate surface area is 257 Å². The Hall–Kier alpha value is -0.830. The molecule has 0 bridgehead atoms. The SMILES string of the molecule is CCCCCCCCCCC(=CCC1CC1CC1CC1CCNC(=O)CCCN(C)C)CCCCCCCCCC. The molecule has 2 fully saturated rings. The molecule has 41 heavy (non-hydrogen) atoms. The van der Waals surface area contributed by atoms with Crippen molar-refractivity contribution in [2.24, 2.45) is 23.7 Å². The van der Waals surface area contributed by atoms with Gasteiger partial charge in [0.15, 0.2) is 0 Å². The third-order valence-electron chi connectivity index (χ3n) is 10.0. The second-order valence-electron chi connectivity index (χ2n) is 14.3. The van der Waals surface area contributed by atoms with Crippen molar-refractivity contribution in [1.29, 1.82) is 0 Å². The third kappa shape index (κ3) is 19.9. The first kappa shape index (κ1) is 36.4. The molecule has 0 radical (unpaired) electrons. The van der Waals surface area contributed by atoms with Crippen molar-refractivity contribution in [3.63, 3.8) is 0 Å². The molecule has 2 aliphatic rings. The molecule has 0 aromatic heterocycles. The normalized spacial score (nSPS) is 21.3. The number of amides is 1. The number of nitrogens with zero attached hydrogens (tertiary/aromatic N) is 1. The fourth-order valence-electron chi connectivity index (χ4n) is 6.89. The Morgan fingerprint density at radius 3 is 1.73 bits per heavy atom. The van der Waals surface area contributed by atoms with E-state index >= 15 is 0 Å². The van der Waals surface area contributed by atoms with E-state index in [0.717, 1.165) is 43.2 Å². The molecular formula is C38H72N2O. The predicted octanol–water partition coefficient (Wildman–Crippen LogP) is 10.9. The van der Waals surface area contributed by atoms with Gasteiger partial charge in [-0.15, -0.1) is 0 Å². The van der Waals surface area contributed by atoms with Crippen LogP contribution in [-0.2, 0) is 4.79 Å². The average Bonchev–Trinajstić information content (AvgIpc) is 3.87. The van der Waals surface area contributed by atoms with Gasteiger partial charge >= 0.3 is 0 Å². The van der Waals surface area contributed by atoms with Gasteiger partial charge in [-0.05, 0) is 109 Å². The summed E-state index contributed by atoms with van der Waals surface area (Å²) in [5.41, 5.74) is 1.80. The topological polar surface area (TPSA) is 32.3 Å². The molecule has 0 heterocycles. The molecular weight excluding hydrogens is 500 g/mol. The van der Waals surface area contributed by atoms with Crippen LogP contribution < -0.4 is 5.32 Å². The molecule has 0 aromatic carbocycles. The van der Waals surface area contributed by atoms with Gasteiger partial charge in [-0.2, -0.15) is 0 Å². The Morgan fingerprint density at radius 1 is 0.659 bits per heavy atom. The molecule has 0 spiro atoms. The van der Waals surface area contributed by atoms with E-state index in [1.54, 1.807) is 5.57 Å². The Kier molecular flexibility index (Phi) is 20.9. The smallest absolute Gasteiger partial charge is 0.220 e. The van der Waals surface area contributed by atoms with Gasteiger partial charge in [0.05, 0.1) is 0 Å². The fraction of sp³-hybridized carbons (Fsp3) is 0.921. The van der Waals surface area contributed by atoms with Gasteiger partial charge in [0.1, 0.15) is 0 Å². The summed E-state index contributed by atoms with van der Waals surface area (Å²) in [6, 6.07) is 0. The number of nitrogens with one attached hydrogen (secondary N) is 1. The lowest BCUT2D eigenvalue weighted by Crippen LogP contribution is -2.25. The number of carbonyl (C=O) groups is 1. The van der Waals surface area contributed by atoms with Crippen LogP contribution in [0.5, 0.6) is 0 Å². The number of hydrogen-bond acceptors (Lipinski definition) is 2. The summed E-state index contributed by atoms with van der Waals surface area (Å²) >= 11 is 0. The standard InChI is InChI=1S/C38H72N2O/c1-5-7-9-11-13-15-17-19-22-33(23-20-18-16-14-12-10-8-6-2)25-26-34-30-36(34)32-37-31-35(37)27-28-39-38(41)24-21-29-40(3)4/h25,34-37H,5-24,26-32H2,1-4H3,(H,39,41). The van der Waals surface area contributed by atoms with E-state index in [9.17, 15) is 4.79 Å². The molecule has 2 saturated carbocycles. The minimum Gasteiger partial charge on any atom is -0.356 e. The molecule has 0 saturated heterocycles. The highest BCUT2D eigenvalue weighted by Gasteiger charge is 2.44. The maximum absolute atomic E-state index is 12.0. The van der Waals surface area contributed by atoms with Crippen molar-refractivity contribution in [2.45, 2.75) is 174 Å². The number of rotatable bonds is 29. The van der Waals surface area contributed by atoms with Gasteiger partial charge in [0, 0.05) is 13.0 Å². The second-order valence-corrected chi connectivity index (χ2v) is 14.3. The summed E-state index contributed by atoms with van der Waals surface area (Å²) in [5, 5.41) is 3.17. The van der Waals surface area contributed by atoms with Crippen molar-refractivity contribution >= 4 is 5.91 Å². The molecule has 3 heteroatoms. The van der Waals surface area contributed by atoms with E-state index in [1.807, 2.05) is 0 Å². The number of carbonyl (C=O) groups excluding carboxylic acids is 1. The minimum absolute atomic E-state index is 0.243. The van der Waals surface area contributed by atoms with E-state index in [4.69, 9.17) is 0 Å². The first-order chi connectivity index (χ1) is 20.0. The summed E-state index contributed by atoms with van der Waals surface area (Å²) in [6.45, 7) is 6.51. The zero-order valence-electron chi connectivity index (χ0n) is 28.3. The highest BCUT2D eigenvalue weighted by atomic mass is 16.1. The Morgan fingerprint density at radius 2 is 1.17 bits per heavy atom. The third-order valence-corrected chi connectivity index (χ3v) is 10.0. The molecule has 2 aliphatic carbocycles. The monoisotopic (exact) mass is 573 g/mol. The maximum Gasteiger partial charge on any atom is 0.220 e. The van der Waals surface area contributed by atoms with Crippen molar-refractivity contribution in [1.82, 2.24) is 10.2 Å². The van der Waals surface area contributed by atoms with Gasteiger partial charge in [0.25, 0.3) is 0 Å². The van der Waals surface area contributed by atoms with E-state index in [-0.39, 0.29) is 5.91 Å². The predicted molar refractivity (Wildman–Crippen MR) is 180 cm³/mol. The van der Waals surface area contributed by atoms with E-state index in [0.29, 0.717) is 6.42 Å². The second kappa shape index (κ2) is 23.6. The zero-order valence-corrected chi connectivity index (χ0v) is 28.3. The molecule has 240 valence electrons. The maximum atomic E-state index is 12.0. The molecule has 1 amide bonds. The van der Waals surface area contributed by atoms with Crippen LogP contribution in [0.15, 0.2) is 11.6 Å². The van der Waals surface area contributed by atoms with Crippen LogP contribution in [0.25, 0.3) is 0 Å². The Bertz CT molecular complexity index is 649. The highest BCUT2D eigenvalue weighted by molar-refractivity contribution is 5.75. The van der Waals surface area contributed by atoms with Crippen molar-refractivity contribution in [2.75, 3.05) is 27.2 Å². The summed E-state index contributed by atoms with van der Waals surface area (Å²) in [5.74, 6) is 4.05. The van der Waals surface area contributed by atoms with Crippen LogP contribution in [0.1, 0.15) is 174 Å². The Balaban J connectivity index is 1.58. The lowest BCUT2D eigenvalue weighted by molar-refractivity contribution is -0.121. The molecule has 0 aliphatic heterocycles. The van der Waals surface area contributed by atoms with Crippen LogP contribution in [0.2, 0.25) is 0 Å². The number of allylic oxidation sites excluding steroid dienone is 2. The highest BCUT2D eigenvalue weighted by Crippen LogP contribution is 2.54. The number of hydrogen-bond donors (Lipinski definition) is 1. The lowest BCUT2D eigenvalue weighted by atomic mass is 9.97.